The summed E-state index contributed by atoms with van der Waals surface area (Å²) in [6.45, 7) is 5.49. The summed E-state index contributed by atoms with van der Waals surface area (Å²) in [5, 5.41) is 16.1. The average Bonchev–Trinajstić information content (AvgIpc) is 3.46. The number of piperidine rings is 1. The van der Waals surface area contributed by atoms with Gasteiger partial charge in [-0.1, -0.05) is 46.3 Å². The van der Waals surface area contributed by atoms with Crippen LogP contribution in [0.3, 0.4) is 0 Å². The molecule has 39 heavy (non-hydrogen) atoms. The molecule has 204 valence electrons. The Balaban J connectivity index is 1.12. The lowest BCUT2D eigenvalue weighted by Gasteiger charge is -2.37. The third kappa shape index (κ3) is 5.27. The summed E-state index contributed by atoms with van der Waals surface area (Å²) in [7, 11) is 0. The van der Waals surface area contributed by atoms with Gasteiger partial charge in [0.05, 0.1) is 24.8 Å². The van der Waals surface area contributed by atoms with E-state index in [0.717, 1.165) is 70.6 Å². The van der Waals surface area contributed by atoms with Crippen molar-refractivity contribution < 1.29 is 14.7 Å². The molecule has 0 radical (unpaired) electrons. The van der Waals surface area contributed by atoms with Crippen molar-refractivity contribution in [1.29, 1.82) is 0 Å². The average molecular weight is 593 g/mol. The zero-order chi connectivity index (χ0) is 27.1. The van der Waals surface area contributed by atoms with E-state index in [1.54, 1.807) is 6.92 Å². The van der Waals surface area contributed by atoms with E-state index < -0.39 is 6.10 Å². The number of para-hydroxylation sites is 1. The molecule has 0 aliphatic carbocycles. The zero-order valence-electron chi connectivity index (χ0n) is 22.2. The summed E-state index contributed by atoms with van der Waals surface area (Å²) in [4.78, 5) is 31.0. The van der Waals surface area contributed by atoms with Gasteiger partial charge in [-0.2, -0.15) is 5.10 Å². The molecule has 3 aliphatic rings. The molecule has 0 bridgehead atoms. The number of aromatic nitrogens is 2. The fourth-order valence-corrected chi connectivity index (χ4v) is 6.61. The van der Waals surface area contributed by atoms with Crippen LogP contribution in [-0.4, -0.2) is 74.8 Å². The Morgan fingerprint density at radius 1 is 1.08 bits per heavy atom. The molecule has 0 spiro atoms. The number of amides is 2. The molecule has 1 saturated heterocycles. The maximum absolute atomic E-state index is 12.7. The Hall–Kier alpha value is -3.01. The van der Waals surface area contributed by atoms with Gasteiger partial charge >= 0.3 is 0 Å². The van der Waals surface area contributed by atoms with Gasteiger partial charge in [0.1, 0.15) is 0 Å². The van der Waals surface area contributed by atoms with Crippen LogP contribution in [0.1, 0.15) is 36.6 Å². The quantitative estimate of drug-likeness (QED) is 0.473. The maximum Gasteiger partial charge on any atom is 0.231 e. The summed E-state index contributed by atoms with van der Waals surface area (Å²) in [6.07, 6.45) is 2.46. The van der Waals surface area contributed by atoms with Gasteiger partial charge in [-0.25, -0.2) is 0 Å². The summed E-state index contributed by atoms with van der Waals surface area (Å²) >= 11 is 3.50. The fourth-order valence-electron chi connectivity index (χ4n) is 6.34. The smallest absolute Gasteiger partial charge is 0.231 e. The number of halogens is 1. The van der Waals surface area contributed by atoms with Gasteiger partial charge in [0.2, 0.25) is 11.8 Å². The van der Waals surface area contributed by atoms with Gasteiger partial charge in [-0.15, -0.1) is 0 Å². The van der Waals surface area contributed by atoms with Gasteiger partial charge in [-0.05, 0) is 36.6 Å². The minimum Gasteiger partial charge on any atom is -0.390 e. The number of aliphatic hydroxyl groups is 1. The van der Waals surface area contributed by atoms with Crippen LogP contribution in [0.25, 0.3) is 11.3 Å². The number of anilines is 1. The lowest BCUT2D eigenvalue weighted by molar-refractivity contribution is -0.129. The Morgan fingerprint density at radius 2 is 1.82 bits per heavy atom. The van der Waals surface area contributed by atoms with Crippen LogP contribution < -0.4 is 4.90 Å². The van der Waals surface area contributed by atoms with Crippen LogP contribution in [-0.2, 0) is 35.5 Å². The molecule has 8 nitrogen and oxygen atoms in total. The van der Waals surface area contributed by atoms with Crippen molar-refractivity contribution in [1.82, 2.24) is 19.6 Å². The number of fused-ring (bicyclic) bond motifs is 2. The first kappa shape index (κ1) is 26.2. The van der Waals surface area contributed by atoms with Crippen molar-refractivity contribution in [2.24, 2.45) is 0 Å². The number of aliphatic hydroxyl groups excluding tert-OH is 1. The van der Waals surface area contributed by atoms with Crippen molar-refractivity contribution in [2.75, 3.05) is 31.1 Å². The molecule has 2 aromatic carbocycles. The zero-order valence-corrected chi connectivity index (χ0v) is 23.8. The monoisotopic (exact) mass is 591 g/mol. The molecular formula is C30H34BrN5O3. The molecule has 1 atom stereocenters. The fraction of sp³-hybridized carbons (Fsp3) is 0.433. The Kier molecular flexibility index (Phi) is 7.31. The lowest BCUT2D eigenvalue weighted by atomic mass is 10.0. The van der Waals surface area contributed by atoms with Crippen molar-refractivity contribution in [3.8, 4) is 11.3 Å². The van der Waals surface area contributed by atoms with E-state index in [4.69, 9.17) is 5.10 Å². The van der Waals surface area contributed by atoms with Crippen molar-refractivity contribution in [2.45, 2.75) is 57.8 Å². The van der Waals surface area contributed by atoms with Gasteiger partial charge in [0.25, 0.3) is 0 Å². The normalized spacial score (nSPS) is 18.8. The summed E-state index contributed by atoms with van der Waals surface area (Å²) in [5.74, 6) is 0.265. The van der Waals surface area contributed by atoms with Gasteiger partial charge in [0.15, 0.2) is 0 Å². The molecule has 3 aromatic rings. The molecule has 6 rings (SSSR count). The first-order valence-corrected chi connectivity index (χ1v) is 14.6. The van der Waals surface area contributed by atoms with E-state index in [-0.39, 0.29) is 17.9 Å². The van der Waals surface area contributed by atoms with Crippen LogP contribution in [0, 0.1) is 0 Å². The second-order valence-corrected chi connectivity index (χ2v) is 11.8. The van der Waals surface area contributed by atoms with Crippen molar-refractivity contribution in [3.63, 3.8) is 0 Å². The topological polar surface area (TPSA) is 81.9 Å². The van der Waals surface area contributed by atoms with E-state index in [9.17, 15) is 14.7 Å². The first-order chi connectivity index (χ1) is 18.9. The molecule has 0 saturated carbocycles. The standard InChI is InChI=1S/C30H34BrN5O3/c1-20(37)34-15-12-28-26(19-34)30(21-6-8-23(31)9-7-21)32-35(28)18-25(38)17-33-13-10-24(11-14-33)36-27-5-3-2-4-22(27)16-29(36)39/h2-9,24-25,38H,10-19H2,1H3. The molecule has 1 fully saturated rings. The second kappa shape index (κ2) is 10.9. The summed E-state index contributed by atoms with van der Waals surface area (Å²) in [6, 6.07) is 16.4. The lowest BCUT2D eigenvalue weighted by Crippen LogP contribution is -2.48. The highest BCUT2D eigenvalue weighted by atomic mass is 79.9. The number of hydrogen-bond acceptors (Lipinski definition) is 5. The number of carbonyl (C=O) groups excluding carboxylic acids is 2. The van der Waals surface area contributed by atoms with Gasteiger partial charge < -0.3 is 19.8 Å². The third-order valence-corrected chi connectivity index (χ3v) is 8.86. The molecule has 9 heteroatoms. The maximum atomic E-state index is 12.7. The summed E-state index contributed by atoms with van der Waals surface area (Å²) < 4.78 is 2.96. The SMILES string of the molecule is CC(=O)N1CCc2c(c(-c3ccc(Br)cc3)nn2CC(O)CN2CCC(N3C(=O)Cc4ccccc43)CC2)C1. The van der Waals surface area contributed by atoms with Crippen LogP contribution in [0.4, 0.5) is 5.69 Å². The second-order valence-electron chi connectivity index (χ2n) is 10.9. The Morgan fingerprint density at radius 3 is 2.56 bits per heavy atom. The molecule has 1 aromatic heterocycles. The van der Waals surface area contributed by atoms with Gasteiger partial charge in [-0.3, -0.25) is 14.3 Å². The van der Waals surface area contributed by atoms with Crippen molar-refractivity contribution in [3.05, 3.63) is 69.8 Å². The third-order valence-electron chi connectivity index (χ3n) is 8.33. The first-order valence-electron chi connectivity index (χ1n) is 13.8. The molecule has 1 unspecified atom stereocenters. The van der Waals surface area contributed by atoms with E-state index in [0.29, 0.717) is 32.6 Å². The van der Waals surface area contributed by atoms with Crippen LogP contribution in [0.2, 0.25) is 0 Å². The molecule has 1 N–H and O–H groups in total. The number of β-amino-alcohol motifs (C(OH)–C–C–N with tert-alkyl or cyclic N) is 1. The van der Waals surface area contributed by atoms with Gasteiger partial charge in [0, 0.05) is 79.1 Å². The predicted molar refractivity (Wildman–Crippen MR) is 153 cm³/mol. The molecular weight excluding hydrogens is 558 g/mol. The number of nitrogens with zero attached hydrogens (tertiary/aromatic N) is 5. The highest BCUT2D eigenvalue weighted by Crippen LogP contribution is 2.34. The molecule has 4 heterocycles. The van der Waals surface area contributed by atoms with E-state index in [1.807, 2.05) is 56.9 Å². The van der Waals surface area contributed by atoms with Crippen molar-refractivity contribution >= 4 is 33.4 Å². The highest BCUT2D eigenvalue weighted by Gasteiger charge is 2.35. The van der Waals surface area contributed by atoms with Crippen LogP contribution >= 0.6 is 15.9 Å². The number of rotatable bonds is 6. The summed E-state index contributed by atoms with van der Waals surface area (Å²) in [5.41, 5.74) is 6.25. The van der Waals surface area contributed by atoms with Crippen LogP contribution in [0.15, 0.2) is 53.0 Å². The van der Waals surface area contributed by atoms with E-state index in [2.05, 4.69) is 26.9 Å². The Labute approximate surface area is 237 Å². The number of hydrogen-bond donors (Lipinski definition) is 1. The predicted octanol–water partition coefficient (Wildman–Crippen LogP) is 3.63. The van der Waals surface area contributed by atoms with E-state index >= 15 is 0 Å². The van der Waals surface area contributed by atoms with Crippen LogP contribution in [0.5, 0.6) is 0 Å². The number of likely N-dealkylation sites (tertiary alicyclic amines) is 1. The number of carbonyl (C=O) groups is 2. The molecule has 2 amide bonds. The largest absolute Gasteiger partial charge is 0.390 e. The minimum atomic E-state index is -0.566. The Bertz CT molecular complexity index is 1380. The van der Waals surface area contributed by atoms with E-state index in [1.165, 1.54) is 0 Å². The minimum absolute atomic E-state index is 0.0673. The highest BCUT2D eigenvalue weighted by molar-refractivity contribution is 9.10. The molecule has 3 aliphatic heterocycles. The number of benzene rings is 2.